The maximum atomic E-state index is 9.91. The maximum absolute atomic E-state index is 9.91. The summed E-state index contributed by atoms with van der Waals surface area (Å²) in [6, 6.07) is 0. The largest absolute Gasteiger partial charge is 0.392 e. The van der Waals surface area contributed by atoms with Crippen molar-refractivity contribution in [2.45, 2.75) is 35.7 Å². The van der Waals surface area contributed by atoms with Crippen LogP contribution in [0.3, 0.4) is 0 Å². The summed E-state index contributed by atoms with van der Waals surface area (Å²) in [4.78, 5) is 0. The van der Waals surface area contributed by atoms with Gasteiger partial charge in [0.2, 0.25) is 0 Å². The molecule has 1 rings (SSSR count). The van der Waals surface area contributed by atoms with Gasteiger partial charge in [-0.05, 0) is 44.1 Å². The van der Waals surface area contributed by atoms with Gasteiger partial charge in [-0.25, -0.2) is 0 Å². The molecule has 1 saturated carbocycles. The Morgan fingerprint density at radius 1 is 1.47 bits per heavy atom. The first kappa shape index (κ1) is 13.7. The number of hydrogen-bond acceptors (Lipinski definition) is 3. The van der Waals surface area contributed by atoms with Crippen LogP contribution >= 0.6 is 22.6 Å². The predicted molar refractivity (Wildman–Crippen MR) is 70.2 cm³/mol. The van der Waals surface area contributed by atoms with Gasteiger partial charge in [0.25, 0.3) is 0 Å². The third-order valence-corrected chi connectivity index (χ3v) is 5.14. The summed E-state index contributed by atoms with van der Waals surface area (Å²) in [5.74, 6) is 1.12. The van der Waals surface area contributed by atoms with Gasteiger partial charge >= 0.3 is 0 Å². The van der Waals surface area contributed by atoms with Crippen molar-refractivity contribution in [1.29, 1.82) is 0 Å². The SMILES string of the molecule is COCCCC1CC(O)C(I)C(CN)C1. The first-order valence-electron chi connectivity index (χ1n) is 5.70. The highest BCUT2D eigenvalue weighted by Gasteiger charge is 2.33. The Morgan fingerprint density at radius 3 is 2.80 bits per heavy atom. The van der Waals surface area contributed by atoms with E-state index in [4.69, 9.17) is 10.5 Å². The van der Waals surface area contributed by atoms with Crippen molar-refractivity contribution in [3.63, 3.8) is 0 Å². The molecule has 1 aliphatic carbocycles. The summed E-state index contributed by atoms with van der Waals surface area (Å²) < 4.78 is 5.38. The molecular formula is C11H22INO2. The van der Waals surface area contributed by atoms with Gasteiger partial charge < -0.3 is 15.6 Å². The zero-order chi connectivity index (χ0) is 11.3. The van der Waals surface area contributed by atoms with Crippen molar-refractivity contribution in [2.75, 3.05) is 20.3 Å². The van der Waals surface area contributed by atoms with Gasteiger partial charge in [0, 0.05) is 17.6 Å². The molecule has 0 radical (unpaired) electrons. The predicted octanol–water partition coefficient (Wildman–Crippen LogP) is 1.56. The average Bonchev–Trinajstić information content (AvgIpc) is 2.23. The zero-order valence-electron chi connectivity index (χ0n) is 9.36. The van der Waals surface area contributed by atoms with E-state index in [1.807, 2.05) is 0 Å². The van der Waals surface area contributed by atoms with Gasteiger partial charge in [-0.15, -0.1) is 0 Å². The highest BCUT2D eigenvalue weighted by molar-refractivity contribution is 14.1. The Labute approximate surface area is 106 Å². The smallest absolute Gasteiger partial charge is 0.0663 e. The molecule has 15 heavy (non-hydrogen) atoms. The fraction of sp³-hybridized carbons (Fsp3) is 1.00. The van der Waals surface area contributed by atoms with Crippen molar-refractivity contribution in [3.05, 3.63) is 0 Å². The van der Waals surface area contributed by atoms with E-state index in [-0.39, 0.29) is 6.10 Å². The van der Waals surface area contributed by atoms with E-state index in [9.17, 15) is 5.11 Å². The van der Waals surface area contributed by atoms with Crippen molar-refractivity contribution in [1.82, 2.24) is 0 Å². The minimum absolute atomic E-state index is 0.166. The minimum atomic E-state index is -0.166. The van der Waals surface area contributed by atoms with E-state index in [1.165, 1.54) is 6.42 Å². The number of hydrogen-bond donors (Lipinski definition) is 2. The molecular weight excluding hydrogens is 305 g/mol. The molecule has 0 aromatic heterocycles. The van der Waals surface area contributed by atoms with Gasteiger partial charge in [-0.1, -0.05) is 22.6 Å². The highest BCUT2D eigenvalue weighted by Crippen LogP contribution is 2.35. The molecule has 4 atom stereocenters. The lowest BCUT2D eigenvalue weighted by molar-refractivity contribution is 0.0778. The van der Waals surface area contributed by atoms with Crippen molar-refractivity contribution in [3.8, 4) is 0 Å². The number of halogens is 1. The average molecular weight is 327 g/mol. The van der Waals surface area contributed by atoms with Crippen LogP contribution < -0.4 is 5.73 Å². The second-order valence-electron chi connectivity index (χ2n) is 4.48. The summed E-state index contributed by atoms with van der Waals surface area (Å²) in [5, 5.41) is 9.91. The Bertz CT molecular complexity index is 180. The molecule has 0 heterocycles. The number of ether oxygens (including phenoxy) is 1. The summed E-state index contributed by atoms with van der Waals surface area (Å²) in [7, 11) is 1.74. The fourth-order valence-electron chi connectivity index (χ4n) is 2.42. The van der Waals surface area contributed by atoms with Crippen molar-refractivity contribution >= 4 is 22.6 Å². The van der Waals surface area contributed by atoms with Crippen molar-refractivity contribution in [2.24, 2.45) is 17.6 Å². The fourth-order valence-corrected chi connectivity index (χ4v) is 3.30. The molecule has 0 amide bonds. The molecule has 90 valence electrons. The van der Waals surface area contributed by atoms with Gasteiger partial charge in [-0.3, -0.25) is 0 Å². The van der Waals surface area contributed by atoms with E-state index < -0.39 is 0 Å². The zero-order valence-corrected chi connectivity index (χ0v) is 11.5. The molecule has 0 saturated heterocycles. The second kappa shape index (κ2) is 7.04. The number of aliphatic hydroxyl groups is 1. The lowest BCUT2D eigenvalue weighted by Gasteiger charge is -2.36. The van der Waals surface area contributed by atoms with Gasteiger partial charge in [-0.2, -0.15) is 0 Å². The molecule has 0 aromatic carbocycles. The molecule has 3 N–H and O–H groups in total. The number of aliphatic hydroxyl groups excluding tert-OH is 1. The van der Waals surface area contributed by atoms with Crippen LogP contribution in [0.5, 0.6) is 0 Å². The van der Waals surface area contributed by atoms with E-state index in [0.29, 0.717) is 22.3 Å². The Hall–Kier alpha value is 0.610. The van der Waals surface area contributed by atoms with Crippen LogP contribution in [0.25, 0.3) is 0 Å². The lowest BCUT2D eigenvalue weighted by Crippen LogP contribution is -2.40. The Morgan fingerprint density at radius 2 is 2.20 bits per heavy atom. The van der Waals surface area contributed by atoms with Gasteiger partial charge in [0.1, 0.15) is 0 Å². The van der Waals surface area contributed by atoms with E-state index in [2.05, 4.69) is 22.6 Å². The van der Waals surface area contributed by atoms with E-state index in [0.717, 1.165) is 25.9 Å². The maximum Gasteiger partial charge on any atom is 0.0663 e. The number of methoxy groups -OCH3 is 1. The minimum Gasteiger partial charge on any atom is -0.392 e. The van der Waals surface area contributed by atoms with E-state index >= 15 is 0 Å². The molecule has 0 aromatic rings. The van der Waals surface area contributed by atoms with E-state index in [1.54, 1.807) is 7.11 Å². The van der Waals surface area contributed by atoms with Crippen LogP contribution in [0.15, 0.2) is 0 Å². The normalized spacial score (nSPS) is 36.8. The molecule has 0 bridgehead atoms. The molecule has 4 heteroatoms. The summed E-state index contributed by atoms with van der Waals surface area (Å²) in [6.07, 6.45) is 4.20. The van der Waals surface area contributed by atoms with Gasteiger partial charge in [0.05, 0.1) is 6.10 Å². The first-order chi connectivity index (χ1) is 7.19. The Balaban J connectivity index is 2.34. The number of nitrogens with two attached hydrogens (primary N) is 1. The summed E-state index contributed by atoms with van der Waals surface area (Å²) in [5.41, 5.74) is 5.73. The monoisotopic (exact) mass is 327 g/mol. The third-order valence-electron chi connectivity index (χ3n) is 3.29. The van der Waals surface area contributed by atoms with Crippen LogP contribution in [-0.4, -0.2) is 35.4 Å². The summed E-state index contributed by atoms with van der Waals surface area (Å²) >= 11 is 2.35. The molecule has 1 fully saturated rings. The molecule has 3 nitrogen and oxygen atoms in total. The molecule has 4 unspecified atom stereocenters. The molecule has 0 spiro atoms. The number of alkyl halides is 1. The third kappa shape index (κ3) is 4.17. The van der Waals surface area contributed by atoms with Crippen LogP contribution in [0.2, 0.25) is 0 Å². The highest BCUT2D eigenvalue weighted by atomic mass is 127. The number of rotatable bonds is 5. The standard InChI is InChI=1S/C11H22INO2/c1-15-4-2-3-8-5-9(7-13)11(12)10(14)6-8/h8-11,14H,2-7,13H2,1H3. The van der Waals surface area contributed by atoms with Crippen LogP contribution in [0, 0.1) is 11.8 Å². The van der Waals surface area contributed by atoms with Crippen molar-refractivity contribution < 1.29 is 9.84 Å². The van der Waals surface area contributed by atoms with Crippen LogP contribution in [0.1, 0.15) is 25.7 Å². The van der Waals surface area contributed by atoms with Crippen LogP contribution in [-0.2, 0) is 4.74 Å². The Kier molecular flexibility index (Phi) is 6.42. The van der Waals surface area contributed by atoms with Crippen LogP contribution in [0.4, 0.5) is 0 Å². The molecule has 1 aliphatic rings. The van der Waals surface area contributed by atoms with Gasteiger partial charge in [0.15, 0.2) is 0 Å². The quantitative estimate of drug-likeness (QED) is 0.458. The second-order valence-corrected chi connectivity index (χ2v) is 5.92. The molecule has 0 aliphatic heterocycles. The lowest BCUT2D eigenvalue weighted by atomic mass is 9.78. The topological polar surface area (TPSA) is 55.5 Å². The summed E-state index contributed by atoms with van der Waals surface area (Å²) in [6.45, 7) is 1.53. The first-order valence-corrected chi connectivity index (χ1v) is 6.94.